The van der Waals surface area contributed by atoms with Gasteiger partial charge in [0.1, 0.15) is 10.7 Å². The molecule has 0 aliphatic carbocycles. The number of nitrogen functional groups attached to an aromatic ring is 1. The van der Waals surface area contributed by atoms with Crippen molar-refractivity contribution in [1.29, 1.82) is 0 Å². The quantitative estimate of drug-likeness (QED) is 0.898. The molecular formula is C12H12BrN3O2S. The van der Waals surface area contributed by atoms with Crippen LogP contribution >= 0.6 is 15.9 Å². The monoisotopic (exact) mass is 341 g/mol. The van der Waals surface area contributed by atoms with Crippen molar-refractivity contribution < 1.29 is 8.42 Å². The Morgan fingerprint density at radius 2 is 2.00 bits per heavy atom. The maximum Gasteiger partial charge on any atom is 0.263 e. The molecule has 100 valence electrons. The van der Waals surface area contributed by atoms with Gasteiger partial charge in [-0.3, -0.25) is 4.72 Å². The van der Waals surface area contributed by atoms with Gasteiger partial charge in [-0.2, -0.15) is 0 Å². The smallest absolute Gasteiger partial charge is 0.263 e. The van der Waals surface area contributed by atoms with E-state index in [1.165, 1.54) is 18.3 Å². The lowest BCUT2D eigenvalue weighted by molar-refractivity contribution is 0.601. The summed E-state index contributed by atoms with van der Waals surface area (Å²) in [5.74, 6) is 0.276. The molecule has 7 heteroatoms. The van der Waals surface area contributed by atoms with Crippen LogP contribution in [-0.4, -0.2) is 13.4 Å². The van der Waals surface area contributed by atoms with E-state index in [9.17, 15) is 8.42 Å². The number of nitrogens with one attached hydrogen (secondary N) is 1. The van der Waals surface area contributed by atoms with Gasteiger partial charge in [-0.25, -0.2) is 13.4 Å². The van der Waals surface area contributed by atoms with Crippen molar-refractivity contribution in [2.24, 2.45) is 0 Å². The van der Waals surface area contributed by atoms with Crippen LogP contribution in [0.1, 0.15) is 5.56 Å². The normalized spacial score (nSPS) is 11.3. The van der Waals surface area contributed by atoms with Crippen molar-refractivity contribution in [3.05, 3.63) is 46.6 Å². The Hall–Kier alpha value is -1.60. The number of nitrogens with zero attached hydrogens (tertiary/aromatic N) is 1. The summed E-state index contributed by atoms with van der Waals surface area (Å²) in [5, 5.41) is 0. The lowest BCUT2D eigenvalue weighted by atomic mass is 10.2. The first-order valence-electron chi connectivity index (χ1n) is 5.39. The van der Waals surface area contributed by atoms with Crippen molar-refractivity contribution in [3.8, 4) is 0 Å². The van der Waals surface area contributed by atoms with Crippen molar-refractivity contribution in [2.75, 3.05) is 10.5 Å². The number of hydrogen-bond acceptors (Lipinski definition) is 4. The number of sulfonamides is 1. The summed E-state index contributed by atoms with van der Waals surface area (Å²) in [6, 6.07) is 8.16. The first kappa shape index (κ1) is 13.8. The van der Waals surface area contributed by atoms with Crippen LogP contribution in [0.3, 0.4) is 0 Å². The fourth-order valence-electron chi connectivity index (χ4n) is 1.47. The summed E-state index contributed by atoms with van der Waals surface area (Å²) in [7, 11) is -3.66. The number of rotatable bonds is 3. The average Bonchev–Trinajstić information content (AvgIpc) is 2.35. The van der Waals surface area contributed by atoms with Gasteiger partial charge in [0.2, 0.25) is 0 Å². The van der Waals surface area contributed by atoms with Crippen LogP contribution in [0.2, 0.25) is 0 Å². The number of halogens is 1. The largest absolute Gasteiger partial charge is 0.384 e. The molecule has 0 fully saturated rings. The van der Waals surface area contributed by atoms with Gasteiger partial charge in [-0.15, -0.1) is 0 Å². The predicted molar refractivity (Wildman–Crippen MR) is 78.3 cm³/mol. The molecule has 0 unspecified atom stereocenters. The average molecular weight is 342 g/mol. The van der Waals surface area contributed by atoms with Crippen LogP contribution in [0.4, 0.5) is 11.5 Å². The number of hydrogen-bond donors (Lipinski definition) is 2. The van der Waals surface area contributed by atoms with Gasteiger partial charge < -0.3 is 5.73 Å². The van der Waals surface area contributed by atoms with Crippen LogP contribution in [0, 0.1) is 6.92 Å². The second kappa shape index (κ2) is 5.18. The van der Waals surface area contributed by atoms with Crippen LogP contribution < -0.4 is 10.5 Å². The van der Waals surface area contributed by atoms with Crippen LogP contribution in [-0.2, 0) is 10.0 Å². The van der Waals surface area contributed by atoms with Crippen LogP contribution in [0.25, 0.3) is 0 Å². The van der Waals surface area contributed by atoms with E-state index in [2.05, 4.69) is 25.6 Å². The zero-order valence-electron chi connectivity index (χ0n) is 10.1. The molecule has 1 heterocycles. The summed E-state index contributed by atoms with van der Waals surface area (Å²) in [6.45, 7) is 1.82. The first-order valence-corrected chi connectivity index (χ1v) is 7.67. The molecule has 3 N–H and O–H groups in total. The molecule has 2 aromatic rings. The maximum atomic E-state index is 12.2. The zero-order chi connectivity index (χ0) is 14.0. The molecule has 5 nitrogen and oxygen atoms in total. The lowest BCUT2D eigenvalue weighted by Gasteiger charge is -2.11. The Bertz CT molecular complexity index is 699. The third-order valence-corrected chi connectivity index (χ3v) is 4.79. The highest BCUT2D eigenvalue weighted by Gasteiger charge is 2.16. The second-order valence-corrected chi connectivity index (χ2v) is 6.47. The molecule has 0 aliphatic heterocycles. The van der Waals surface area contributed by atoms with E-state index in [1.807, 2.05) is 13.0 Å². The first-order chi connectivity index (χ1) is 8.90. The molecule has 0 amide bonds. The number of anilines is 2. The van der Waals surface area contributed by atoms with Gasteiger partial charge in [0, 0.05) is 10.7 Å². The molecule has 0 atom stereocenters. The van der Waals surface area contributed by atoms with E-state index < -0.39 is 10.0 Å². The topological polar surface area (TPSA) is 85.1 Å². The number of aromatic nitrogens is 1. The highest BCUT2D eigenvalue weighted by molar-refractivity contribution is 9.10. The fraction of sp³-hybridized carbons (Fsp3) is 0.0833. The van der Waals surface area contributed by atoms with Crippen molar-refractivity contribution >= 4 is 37.5 Å². The van der Waals surface area contributed by atoms with Crippen molar-refractivity contribution in [3.63, 3.8) is 0 Å². The highest BCUT2D eigenvalue weighted by atomic mass is 79.9. The van der Waals surface area contributed by atoms with E-state index in [0.717, 1.165) is 10.0 Å². The molecule has 0 aliphatic rings. The summed E-state index contributed by atoms with van der Waals surface area (Å²) < 4.78 is 27.7. The number of benzene rings is 1. The van der Waals surface area contributed by atoms with E-state index in [1.54, 1.807) is 12.1 Å². The summed E-state index contributed by atoms with van der Waals surface area (Å²) in [6.07, 6.45) is 1.23. The SMILES string of the molecule is Cc1c(Br)cccc1NS(=O)(=O)c1ccc(N)nc1. The third kappa shape index (κ3) is 3.05. The van der Waals surface area contributed by atoms with E-state index in [0.29, 0.717) is 5.69 Å². The van der Waals surface area contributed by atoms with Gasteiger partial charge in [0.05, 0.1) is 5.69 Å². The Kier molecular flexibility index (Phi) is 3.77. The van der Waals surface area contributed by atoms with E-state index in [-0.39, 0.29) is 10.7 Å². The molecule has 0 bridgehead atoms. The van der Waals surface area contributed by atoms with E-state index in [4.69, 9.17) is 5.73 Å². The predicted octanol–water partition coefficient (Wildman–Crippen LogP) is 2.54. The minimum absolute atomic E-state index is 0.0704. The van der Waals surface area contributed by atoms with Crippen LogP contribution in [0.5, 0.6) is 0 Å². The Labute approximate surface area is 120 Å². The third-order valence-electron chi connectivity index (χ3n) is 2.58. The lowest BCUT2D eigenvalue weighted by Crippen LogP contribution is -2.14. The second-order valence-electron chi connectivity index (χ2n) is 3.94. The number of pyridine rings is 1. The van der Waals surface area contributed by atoms with Gasteiger partial charge in [-0.05, 0) is 36.8 Å². The standard InChI is InChI=1S/C12H12BrN3O2S/c1-8-10(13)3-2-4-11(8)16-19(17,18)9-5-6-12(14)15-7-9/h2-7,16H,1H3,(H2,14,15). The molecular weight excluding hydrogens is 330 g/mol. The molecule has 1 aromatic heterocycles. The van der Waals surface area contributed by atoms with Gasteiger partial charge >= 0.3 is 0 Å². The minimum atomic E-state index is -3.66. The van der Waals surface area contributed by atoms with Crippen molar-refractivity contribution in [1.82, 2.24) is 4.98 Å². The molecule has 0 radical (unpaired) electrons. The molecule has 0 saturated carbocycles. The van der Waals surface area contributed by atoms with Gasteiger partial charge in [0.25, 0.3) is 10.0 Å². The molecule has 1 aromatic carbocycles. The molecule has 0 saturated heterocycles. The van der Waals surface area contributed by atoms with Gasteiger partial charge in [0.15, 0.2) is 0 Å². The minimum Gasteiger partial charge on any atom is -0.384 e. The van der Waals surface area contributed by atoms with Crippen molar-refractivity contribution in [2.45, 2.75) is 11.8 Å². The Balaban J connectivity index is 2.36. The number of nitrogens with two attached hydrogens (primary N) is 1. The zero-order valence-corrected chi connectivity index (χ0v) is 12.5. The maximum absolute atomic E-state index is 12.2. The van der Waals surface area contributed by atoms with E-state index >= 15 is 0 Å². The summed E-state index contributed by atoms with van der Waals surface area (Å²) >= 11 is 3.36. The van der Waals surface area contributed by atoms with Crippen LogP contribution in [0.15, 0.2) is 45.9 Å². The molecule has 0 spiro atoms. The summed E-state index contributed by atoms with van der Waals surface area (Å²) in [5.41, 5.74) is 6.77. The highest BCUT2D eigenvalue weighted by Crippen LogP contribution is 2.25. The molecule has 2 rings (SSSR count). The Morgan fingerprint density at radius 1 is 1.26 bits per heavy atom. The Morgan fingerprint density at radius 3 is 2.63 bits per heavy atom. The fourth-order valence-corrected chi connectivity index (χ4v) is 2.91. The summed E-state index contributed by atoms with van der Waals surface area (Å²) in [4.78, 5) is 3.85. The molecule has 19 heavy (non-hydrogen) atoms. The van der Waals surface area contributed by atoms with Gasteiger partial charge in [-0.1, -0.05) is 22.0 Å².